The number of hydrogen-bond donors (Lipinski definition) is 3. The standard InChI is InChI=1S/C25H28F5N5O/c26-5-1-6-34-11-16(12-34)32-15-8-20(27)23(21(28)9-15)24-18-2-3-22-19(10-31-33-22)17(18)4-7-35(24)13-25(29,30)14-36/h2-3,8-10,16,24,32,36H,1,4-7,11-14H2,(H,31,33)/t24-/m0/s1. The predicted octanol–water partition coefficient (Wildman–Crippen LogP) is 3.87. The molecule has 1 fully saturated rings. The Bertz CT molecular complexity index is 1210. The van der Waals surface area contributed by atoms with Crippen LogP contribution in [0.5, 0.6) is 0 Å². The first kappa shape index (κ1) is 24.9. The Hall–Kier alpha value is -2.76. The van der Waals surface area contributed by atoms with Gasteiger partial charge >= 0.3 is 0 Å². The van der Waals surface area contributed by atoms with Crippen molar-refractivity contribution in [2.75, 3.05) is 51.3 Å². The van der Waals surface area contributed by atoms with Crippen LogP contribution < -0.4 is 5.32 Å². The summed E-state index contributed by atoms with van der Waals surface area (Å²) in [4.78, 5) is 3.38. The van der Waals surface area contributed by atoms with E-state index in [9.17, 15) is 13.2 Å². The second-order valence-electron chi connectivity index (χ2n) is 9.60. The predicted molar refractivity (Wildman–Crippen MR) is 126 cm³/mol. The van der Waals surface area contributed by atoms with E-state index >= 15 is 8.78 Å². The topological polar surface area (TPSA) is 67.4 Å². The highest BCUT2D eigenvalue weighted by Crippen LogP contribution is 2.41. The van der Waals surface area contributed by atoms with E-state index in [-0.39, 0.29) is 30.5 Å². The lowest BCUT2D eigenvalue weighted by Crippen LogP contribution is -2.54. The monoisotopic (exact) mass is 509 g/mol. The van der Waals surface area contributed by atoms with E-state index in [0.29, 0.717) is 38.0 Å². The Labute approximate surface area is 205 Å². The minimum atomic E-state index is -3.43. The van der Waals surface area contributed by atoms with Gasteiger partial charge in [0.15, 0.2) is 0 Å². The number of nitrogens with zero attached hydrogens (tertiary/aromatic N) is 3. The third kappa shape index (κ3) is 4.79. The van der Waals surface area contributed by atoms with Gasteiger partial charge in [0.2, 0.25) is 0 Å². The zero-order valence-electron chi connectivity index (χ0n) is 19.6. The van der Waals surface area contributed by atoms with Gasteiger partial charge in [-0.15, -0.1) is 0 Å². The van der Waals surface area contributed by atoms with Gasteiger partial charge in [0.1, 0.15) is 18.2 Å². The first-order valence-corrected chi connectivity index (χ1v) is 12.0. The third-order valence-electron chi connectivity index (χ3n) is 7.03. The van der Waals surface area contributed by atoms with Crippen molar-refractivity contribution in [1.29, 1.82) is 0 Å². The van der Waals surface area contributed by atoms with Crippen LogP contribution in [-0.2, 0) is 6.42 Å². The molecule has 2 aliphatic heterocycles. The highest BCUT2D eigenvalue weighted by atomic mass is 19.3. The molecule has 1 saturated heterocycles. The summed E-state index contributed by atoms with van der Waals surface area (Å²) in [5, 5.41) is 19.9. The molecule has 11 heteroatoms. The summed E-state index contributed by atoms with van der Waals surface area (Å²) in [6, 6.07) is 4.68. The Balaban J connectivity index is 1.47. The maximum Gasteiger partial charge on any atom is 0.283 e. The minimum absolute atomic E-state index is 0.0150. The lowest BCUT2D eigenvalue weighted by molar-refractivity contribution is -0.0789. The molecule has 194 valence electrons. The number of benzene rings is 2. The molecule has 0 saturated carbocycles. The maximum atomic E-state index is 15.5. The van der Waals surface area contributed by atoms with Gasteiger partial charge in [0, 0.05) is 42.8 Å². The average Bonchev–Trinajstić information content (AvgIpc) is 3.30. The number of aliphatic hydroxyl groups is 1. The zero-order valence-corrected chi connectivity index (χ0v) is 19.6. The Kier molecular flexibility index (Phi) is 6.88. The molecule has 5 rings (SSSR count). The molecular weight excluding hydrogens is 481 g/mol. The van der Waals surface area contributed by atoms with Crippen molar-refractivity contribution in [3.63, 3.8) is 0 Å². The SMILES string of the molecule is OCC(F)(F)CN1CCc2c(ccc3[nH]ncc23)[C@H]1c1c(F)cc(NC2CN(CCCF)C2)cc1F. The number of rotatable bonds is 9. The summed E-state index contributed by atoms with van der Waals surface area (Å²) in [5.74, 6) is -5.11. The molecule has 0 radical (unpaired) electrons. The number of alkyl halides is 3. The smallest absolute Gasteiger partial charge is 0.283 e. The van der Waals surface area contributed by atoms with Gasteiger partial charge in [-0.2, -0.15) is 5.10 Å². The van der Waals surface area contributed by atoms with Crippen LogP contribution in [0.15, 0.2) is 30.5 Å². The van der Waals surface area contributed by atoms with Crippen molar-refractivity contribution in [2.45, 2.75) is 30.8 Å². The van der Waals surface area contributed by atoms with Crippen LogP contribution in [-0.4, -0.2) is 83.1 Å². The molecule has 0 spiro atoms. The summed E-state index contributed by atoms with van der Waals surface area (Å²) >= 11 is 0. The molecule has 1 aromatic heterocycles. The second kappa shape index (κ2) is 9.95. The lowest BCUT2D eigenvalue weighted by Gasteiger charge is -2.40. The fourth-order valence-electron chi connectivity index (χ4n) is 5.36. The quantitative estimate of drug-likeness (QED) is 0.382. The van der Waals surface area contributed by atoms with Crippen molar-refractivity contribution in [2.24, 2.45) is 0 Å². The van der Waals surface area contributed by atoms with Crippen LogP contribution >= 0.6 is 0 Å². The maximum absolute atomic E-state index is 15.5. The number of aromatic nitrogens is 2. The van der Waals surface area contributed by atoms with Gasteiger partial charge in [-0.1, -0.05) is 6.07 Å². The normalized spacial score (nSPS) is 19.4. The highest BCUT2D eigenvalue weighted by Gasteiger charge is 2.40. The first-order chi connectivity index (χ1) is 17.3. The number of aliphatic hydroxyl groups excluding tert-OH is 1. The summed E-state index contributed by atoms with van der Waals surface area (Å²) in [5.41, 5.74) is 2.04. The Morgan fingerprint density at radius 1 is 1.17 bits per heavy atom. The van der Waals surface area contributed by atoms with E-state index in [1.54, 1.807) is 18.3 Å². The fourth-order valence-corrected chi connectivity index (χ4v) is 5.36. The minimum Gasteiger partial charge on any atom is -0.390 e. The van der Waals surface area contributed by atoms with E-state index in [4.69, 9.17) is 5.11 Å². The van der Waals surface area contributed by atoms with Crippen LogP contribution in [0.2, 0.25) is 0 Å². The van der Waals surface area contributed by atoms with E-state index < -0.39 is 36.8 Å². The highest BCUT2D eigenvalue weighted by molar-refractivity contribution is 5.83. The number of nitrogens with one attached hydrogen (secondary N) is 2. The second-order valence-corrected chi connectivity index (χ2v) is 9.60. The summed E-state index contributed by atoms with van der Waals surface area (Å²) < 4.78 is 71.9. The molecule has 0 amide bonds. The Morgan fingerprint density at radius 2 is 1.92 bits per heavy atom. The summed E-state index contributed by atoms with van der Waals surface area (Å²) in [6.07, 6.45) is 2.47. The third-order valence-corrected chi connectivity index (χ3v) is 7.03. The van der Waals surface area contributed by atoms with Crippen molar-refractivity contribution >= 4 is 16.6 Å². The molecule has 6 nitrogen and oxygen atoms in total. The molecule has 2 aromatic carbocycles. The van der Waals surface area contributed by atoms with E-state index in [0.717, 1.165) is 16.5 Å². The van der Waals surface area contributed by atoms with Crippen LogP contribution in [0.3, 0.4) is 0 Å². The van der Waals surface area contributed by atoms with E-state index in [2.05, 4.69) is 15.5 Å². The molecule has 2 aliphatic rings. The largest absolute Gasteiger partial charge is 0.390 e. The van der Waals surface area contributed by atoms with Gasteiger partial charge in [-0.05, 0) is 42.2 Å². The van der Waals surface area contributed by atoms with Gasteiger partial charge in [-0.25, -0.2) is 17.6 Å². The molecule has 36 heavy (non-hydrogen) atoms. The number of H-pyrrole nitrogens is 1. The molecule has 3 aromatic rings. The molecule has 0 bridgehead atoms. The van der Waals surface area contributed by atoms with E-state index in [1.165, 1.54) is 17.0 Å². The zero-order chi connectivity index (χ0) is 25.4. The summed E-state index contributed by atoms with van der Waals surface area (Å²) in [7, 11) is 0. The van der Waals surface area contributed by atoms with Gasteiger partial charge in [0.05, 0.1) is 37.0 Å². The first-order valence-electron chi connectivity index (χ1n) is 12.0. The number of hydrogen-bond acceptors (Lipinski definition) is 5. The number of anilines is 1. The van der Waals surface area contributed by atoms with E-state index in [1.807, 2.05) is 4.90 Å². The van der Waals surface area contributed by atoms with Gasteiger partial charge in [-0.3, -0.25) is 19.3 Å². The van der Waals surface area contributed by atoms with Crippen molar-refractivity contribution in [3.8, 4) is 0 Å². The lowest BCUT2D eigenvalue weighted by atomic mass is 9.85. The van der Waals surface area contributed by atoms with Crippen molar-refractivity contribution in [1.82, 2.24) is 20.0 Å². The van der Waals surface area contributed by atoms with Crippen LogP contribution in [0.25, 0.3) is 10.9 Å². The number of likely N-dealkylation sites (tertiary alicyclic amines) is 1. The van der Waals surface area contributed by atoms with Gasteiger partial charge < -0.3 is 10.4 Å². The van der Waals surface area contributed by atoms with Crippen LogP contribution in [0, 0.1) is 11.6 Å². The molecule has 3 heterocycles. The fraction of sp³-hybridized carbons (Fsp3) is 0.480. The van der Waals surface area contributed by atoms with Crippen LogP contribution in [0.4, 0.5) is 27.6 Å². The molecule has 1 atom stereocenters. The van der Waals surface area contributed by atoms with Gasteiger partial charge in [0.25, 0.3) is 5.92 Å². The average molecular weight is 510 g/mol. The van der Waals surface area contributed by atoms with Crippen molar-refractivity contribution in [3.05, 3.63) is 58.8 Å². The molecule has 0 unspecified atom stereocenters. The molecular formula is C25H28F5N5O. The number of fused-ring (bicyclic) bond motifs is 3. The van der Waals surface area contributed by atoms with Crippen molar-refractivity contribution < 1.29 is 27.1 Å². The van der Waals surface area contributed by atoms with Crippen LogP contribution in [0.1, 0.15) is 29.2 Å². The summed E-state index contributed by atoms with van der Waals surface area (Å²) in [6.45, 7) is -0.529. The number of halogens is 5. The Morgan fingerprint density at radius 3 is 2.61 bits per heavy atom. The molecule has 3 N–H and O–H groups in total. The molecule has 0 aliphatic carbocycles. The number of aromatic amines is 1.